The quantitative estimate of drug-likeness (QED) is 0.285. The Balaban J connectivity index is 1.75. The van der Waals surface area contributed by atoms with Crippen LogP contribution in [-0.2, 0) is 26.2 Å². The van der Waals surface area contributed by atoms with Crippen LogP contribution in [-0.4, -0.2) is 50.4 Å². The van der Waals surface area contributed by atoms with Crippen LogP contribution in [0.25, 0.3) is 0 Å². The first-order chi connectivity index (χ1) is 20.3. The molecule has 1 saturated carbocycles. The Labute approximate surface area is 249 Å². The van der Waals surface area contributed by atoms with Gasteiger partial charge in [0.15, 0.2) is 0 Å². The van der Waals surface area contributed by atoms with E-state index in [2.05, 4.69) is 5.32 Å². The number of anilines is 1. The van der Waals surface area contributed by atoms with Gasteiger partial charge >= 0.3 is 0 Å². The zero-order chi connectivity index (χ0) is 30.1. The monoisotopic (exact) mass is 591 g/mol. The lowest BCUT2D eigenvalue weighted by molar-refractivity contribution is -0.140. The van der Waals surface area contributed by atoms with Gasteiger partial charge in [-0.1, -0.05) is 74.4 Å². The summed E-state index contributed by atoms with van der Waals surface area (Å²) in [6, 6.07) is 21.9. The van der Waals surface area contributed by atoms with Crippen molar-refractivity contribution < 1.29 is 22.7 Å². The lowest BCUT2D eigenvalue weighted by Gasteiger charge is -2.34. The predicted molar refractivity (Wildman–Crippen MR) is 165 cm³/mol. The third-order valence-corrected chi connectivity index (χ3v) is 9.51. The number of para-hydroxylation sites is 2. The van der Waals surface area contributed by atoms with Crippen molar-refractivity contribution in [3.05, 3.63) is 90.0 Å². The van der Waals surface area contributed by atoms with Gasteiger partial charge in [-0.2, -0.15) is 0 Å². The molecule has 4 rings (SSSR count). The molecule has 0 spiro atoms. The molecule has 2 amide bonds. The van der Waals surface area contributed by atoms with Crippen molar-refractivity contribution in [1.82, 2.24) is 10.2 Å². The highest BCUT2D eigenvalue weighted by molar-refractivity contribution is 7.92. The molecule has 9 heteroatoms. The average molecular weight is 592 g/mol. The number of amides is 2. The molecule has 1 aliphatic carbocycles. The van der Waals surface area contributed by atoms with Gasteiger partial charge in [0.25, 0.3) is 10.0 Å². The number of rotatable bonds is 13. The maximum Gasteiger partial charge on any atom is 0.264 e. The van der Waals surface area contributed by atoms with E-state index in [4.69, 9.17) is 4.74 Å². The predicted octanol–water partition coefficient (Wildman–Crippen LogP) is 5.46. The Morgan fingerprint density at radius 2 is 1.57 bits per heavy atom. The smallest absolute Gasteiger partial charge is 0.264 e. The summed E-state index contributed by atoms with van der Waals surface area (Å²) in [5, 5.41) is 3.15. The Kier molecular flexibility index (Phi) is 10.6. The van der Waals surface area contributed by atoms with Gasteiger partial charge in [-0.15, -0.1) is 0 Å². The van der Waals surface area contributed by atoms with Crippen molar-refractivity contribution in [3.63, 3.8) is 0 Å². The third-order valence-electron chi connectivity index (χ3n) is 7.73. The van der Waals surface area contributed by atoms with Crippen molar-refractivity contribution >= 4 is 27.5 Å². The molecule has 1 fully saturated rings. The first-order valence-corrected chi connectivity index (χ1v) is 16.1. The lowest BCUT2D eigenvalue weighted by Crippen LogP contribution is -2.53. The number of sulfonamides is 1. The van der Waals surface area contributed by atoms with E-state index in [1.165, 1.54) is 17.0 Å². The number of nitrogens with one attached hydrogen (secondary N) is 1. The molecule has 3 aromatic carbocycles. The van der Waals surface area contributed by atoms with E-state index >= 15 is 0 Å². The van der Waals surface area contributed by atoms with Gasteiger partial charge in [-0.25, -0.2) is 8.42 Å². The second-order valence-electron chi connectivity index (χ2n) is 10.6. The Hall–Kier alpha value is -3.85. The molecule has 1 N–H and O–H groups in total. The standard InChI is InChI=1S/C33H41N3O5S/c1-4-29(33(38)34-27-17-11-12-18-27)35(23-26-16-10-9-15-25(26)3)32(37)24-36(30-21-13-14-22-31(30)41-5-2)42(39,40)28-19-7-6-8-20-28/h6-10,13-16,19-22,27,29H,4-5,11-12,17-18,23-24H2,1-3H3,(H,34,38). The number of aryl methyl sites for hydroxylation is 1. The number of hydrogen-bond acceptors (Lipinski definition) is 5. The van der Waals surface area contributed by atoms with Gasteiger partial charge in [-0.05, 0) is 68.5 Å². The van der Waals surface area contributed by atoms with Crippen molar-refractivity contribution in [2.24, 2.45) is 0 Å². The van der Waals surface area contributed by atoms with E-state index in [0.29, 0.717) is 18.8 Å². The van der Waals surface area contributed by atoms with Crippen LogP contribution < -0.4 is 14.4 Å². The van der Waals surface area contributed by atoms with E-state index in [9.17, 15) is 18.0 Å². The van der Waals surface area contributed by atoms with Gasteiger partial charge in [0.1, 0.15) is 18.3 Å². The van der Waals surface area contributed by atoms with Gasteiger partial charge < -0.3 is 15.0 Å². The van der Waals surface area contributed by atoms with Crippen molar-refractivity contribution in [3.8, 4) is 5.75 Å². The van der Waals surface area contributed by atoms with Crippen LogP contribution in [0.15, 0.2) is 83.8 Å². The average Bonchev–Trinajstić information content (AvgIpc) is 3.50. The largest absolute Gasteiger partial charge is 0.492 e. The zero-order valence-corrected chi connectivity index (χ0v) is 25.5. The Morgan fingerprint density at radius 3 is 2.24 bits per heavy atom. The second-order valence-corrected chi connectivity index (χ2v) is 12.4. The van der Waals surface area contributed by atoms with Crippen LogP contribution in [0.5, 0.6) is 5.75 Å². The summed E-state index contributed by atoms with van der Waals surface area (Å²) in [7, 11) is -4.17. The summed E-state index contributed by atoms with van der Waals surface area (Å²) in [6.07, 6.45) is 4.37. The van der Waals surface area contributed by atoms with E-state index < -0.39 is 28.5 Å². The molecule has 0 saturated heterocycles. The van der Waals surface area contributed by atoms with Crippen LogP contribution >= 0.6 is 0 Å². The molecule has 0 aliphatic heterocycles. The minimum Gasteiger partial charge on any atom is -0.492 e. The number of nitrogens with zero attached hydrogens (tertiary/aromatic N) is 2. The number of carbonyl (C=O) groups is 2. The third kappa shape index (κ3) is 7.31. The molecule has 1 atom stereocenters. The van der Waals surface area contributed by atoms with E-state index in [-0.39, 0.29) is 29.1 Å². The van der Waals surface area contributed by atoms with E-state index in [0.717, 1.165) is 41.1 Å². The van der Waals surface area contributed by atoms with Crippen LogP contribution in [0.3, 0.4) is 0 Å². The van der Waals surface area contributed by atoms with Crippen LogP contribution in [0.1, 0.15) is 57.1 Å². The van der Waals surface area contributed by atoms with Gasteiger partial charge in [-0.3, -0.25) is 13.9 Å². The number of hydrogen-bond donors (Lipinski definition) is 1. The second kappa shape index (κ2) is 14.4. The highest BCUT2D eigenvalue weighted by Gasteiger charge is 2.35. The molecule has 0 radical (unpaired) electrons. The molecule has 0 bridgehead atoms. The highest BCUT2D eigenvalue weighted by atomic mass is 32.2. The lowest BCUT2D eigenvalue weighted by atomic mass is 10.1. The Bertz CT molecular complexity index is 1460. The molecular formula is C33H41N3O5S. The molecule has 1 unspecified atom stereocenters. The van der Waals surface area contributed by atoms with Crippen LogP contribution in [0.4, 0.5) is 5.69 Å². The van der Waals surface area contributed by atoms with Crippen molar-refractivity contribution in [2.75, 3.05) is 17.5 Å². The SMILES string of the molecule is CCOc1ccccc1N(CC(=O)N(Cc1ccccc1C)C(CC)C(=O)NC1CCCC1)S(=O)(=O)c1ccccc1. The minimum absolute atomic E-state index is 0.0561. The van der Waals surface area contributed by atoms with E-state index in [1.54, 1.807) is 42.5 Å². The van der Waals surface area contributed by atoms with Crippen molar-refractivity contribution in [2.45, 2.75) is 76.4 Å². The molecule has 3 aromatic rings. The maximum absolute atomic E-state index is 14.3. The van der Waals surface area contributed by atoms with Gasteiger partial charge in [0.2, 0.25) is 11.8 Å². The highest BCUT2D eigenvalue weighted by Crippen LogP contribution is 2.33. The van der Waals surface area contributed by atoms with Crippen LogP contribution in [0, 0.1) is 6.92 Å². The molecule has 0 heterocycles. The normalized spacial score (nSPS) is 14.3. The fraction of sp³-hybridized carbons (Fsp3) is 0.394. The molecule has 224 valence electrons. The molecule has 42 heavy (non-hydrogen) atoms. The molecule has 0 aromatic heterocycles. The minimum atomic E-state index is -4.17. The molecular weight excluding hydrogens is 550 g/mol. The summed E-state index contributed by atoms with van der Waals surface area (Å²) >= 11 is 0. The summed E-state index contributed by atoms with van der Waals surface area (Å²) in [4.78, 5) is 29.5. The topological polar surface area (TPSA) is 96.0 Å². The first kappa shape index (κ1) is 31.1. The fourth-order valence-electron chi connectivity index (χ4n) is 5.43. The van der Waals surface area contributed by atoms with Gasteiger partial charge in [0, 0.05) is 12.6 Å². The van der Waals surface area contributed by atoms with Crippen LogP contribution in [0.2, 0.25) is 0 Å². The zero-order valence-electron chi connectivity index (χ0n) is 24.7. The summed E-state index contributed by atoms with van der Waals surface area (Å²) in [6.45, 7) is 5.65. The molecule has 1 aliphatic rings. The number of ether oxygens (including phenoxy) is 1. The van der Waals surface area contributed by atoms with Gasteiger partial charge in [0.05, 0.1) is 17.2 Å². The molecule has 8 nitrogen and oxygen atoms in total. The Morgan fingerprint density at radius 1 is 0.929 bits per heavy atom. The maximum atomic E-state index is 14.3. The number of benzene rings is 3. The summed E-state index contributed by atoms with van der Waals surface area (Å²) < 4.78 is 35.1. The van der Waals surface area contributed by atoms with Crippen molar-refractivity contribution in [1.29, 1.82) is 0 Å². The first-order valence-electron chi connectivity index (χ1n) is 14.7. The summed E-state index contributed by atoms with van der Waals surface area (Å²) in [5.74, 6) is -0.334. The fourth-order valence-corrected chi connectivity index (χ4v) is 6.88. The number of carbonyl (C=O) groups excluding carboxylic acids is 2. The summed E-state index contributed by atoms with van der Waals surface area (Å²) in [5.41, 5.74) is 2.14. The van der Waals surface area contributed by atoms with E-state index in [1.807, 2.05) is 45.0 Å².